The van der Waals surface area contributed by atoms with Gasteiger partial charge in [-0.2, -0.15) is 0 Å². The zero-order valence-corrected chi connectivity index (χ0v) is 18.1. The van der Waals surface area contributed by atoms with Gasteiger partial charge in [0.25, 0.3) is 5.91 Å². The summed E-state index contributed by atoms with van der Waals surface area (Å²) in [5, 5.41) is 2.82. The SMILES string of the molecule is CCS(=O)(=O)Nc1ccc(NC(=O)C(Oc2ccccc2)c2ccccc2)cc1OC. The fourth-order valence-corrected chi connectivity index (χ4v) is 3.48. The lowest BCUT2D eigenvalue weighted by Crippen LogP contribution is -2.25. The lowest BCUT2D eigenvalue weighted by molar-refractivity contribution is -0.123. The molecule has 0 aliphatic carbocycles. The van der Waals surface area contributed by atoms with Crippen molar-refractivity contribution >= 4 is 27.3 Å². The summed E-state index contributed by atoms with van der Waals surface area (Å²) >= 11 is 0. The molecule has 3 rings (SSSR count). The average molecular weight is 441 g/mol. The van der Waals surface area contributed by atoms with Crippen LogP contribution in [0.5, 0.6) is 11.5 Å². The van der Waals surface area contributed by atoms with Crippen molar-refractivity contribution in [1.29, 1.82) is 0 Å². The van der Waals surface area contributed by atoms with Crippen molar-refractivity contribution in [3.8, 4) is 11.5 Å². The Bertz CT molecular complexity index is 1120. The van der Waals surface area contributed by atoms with Crippen LogP contribution in [0.4, 0.5) is 11.4 Å². The number of anilines is 2. The highest BCUT2D eigenvalue weighted by Crippen LogP contribution is 2.30. The van der Waals surface area contributed by atoms with E-state index in [-0.39, 0.29) is 17.4 Å². The van der Waals surface area contributed by atoms with E-state index in [9.17, 15) is 13.2 Å². The molecule has 2 N–H and O–H groups in total. The first-order chi connectivity index (χ1) is 14.9. The van der Waals surface area contributed by atoms with Crippen LogP contribution >= 0.6 is 0 Å². The van der Waals surface area contributed by atoms with E-state index in [0.717, 1.165) is 0 Å². The smallest absolute Gasteiger partial charge is 0.270 e. The number of amides is 1. The first-order valence-corrected chi connectivity index (χ1v) is 11.3. The van der Waals surface area contributed by atoms with Gasteiger partial charge < -0.3 is 14.8 Å². The molecule has 1 unspecified atom stereocenters. The maximum atomic E-state index is 13.1. The Labute approximate surface area is 182 Å². The van der Waals surface area contributed by atoms with Crippen molar-refractivity contribution in [2.75, 3.05) is 22.9 Å². The number of rotatable bonds is 9. The quantitative estimate of drug-likeness (QED) is 0.520. The Hall–Kier alpha value is -3.52. The molecule has 31 heavy (non-hydrogen) atoms. The molecule has 1 atom stereocenters. The standard InChI is InChI=1S/C23H24N2O5S/c1-3-31(27,28)25-20-15-14-18(16-21(20)29-2)24-23(26)22(17-10-6-4-7-11-17)30-19-12-8-5-9-13-19/h4-16,22,25H,3H2,1-2H3,(H,24,26). The van der Waals surface area contributed by atoms with Crippen molar-refractivity contribution in [3.63, 3.8) is 0 Å². The zero-order chi connectivity index (χ0) is 22.3. The Balaban J connectivity index is 1.84. The molecule has 7 nitrogen and oxygen atoms in total. The summed E-state index contributed by atoms with van der Waals surface area (Å²) in [4.78, 5) is 13.1. The third-order valence-electron chi connectivity index (χ3n) is 4.45. The number of sulfonamides is 1. The van der Waals surface area contributed by atoms with Gasteiger partial charge in [-0.15, -0.1) is 0 Å². The third kappa shape index (κ3) is 5.99. The number of hydrogen-bond acceptors (Lipinski definition) is 5. The van der Waals surface area contributed by atoms with Crippen LogP contribution in [0, 0.1) is 0 Å². The number of methoxy groups -OCH3 is 1. The van der Waals surface area contributed by atoms with Crippen LogP contribution in [0.3, 0.4) is 0 Å². The number of nitrogens with one attached hydrogen (secondary N) is 2. The number of carbonyl (C=O) groups excluding carboxylic acids is 1. The van der Waals surface area contributed by atoms with Crippen LogP contribution in [-0.4, -0.2) is 27.2 Å². The van der Waals surface area contributed by atoms with Crippen molar-refractivity contribution < 1.29 is 22.7 Å². The lowest BCUT2D eigenvalue weighted by atomic mass is 10.1. The van der Waals surface area contributed by atoms with E-state index in [1.165, 1.54) is 13.2 Å². The average Bonchev–Trinajstić information content (AvgIpc) is 2.79. The van der Waals surface area contributed by atoms with Gasteiger partial charge >= 0.3 is 0 Å². The Morgan fingerprint density at radius 2 is 1.61 bits per heavy atom. The summed E-state index contributed by atoms with van der Waals surface area (Å²) in [7, 11) is -2.04. The molecule has 1 amide bonds. The van der Waals surface area contributed by atoms with Crippen LogP contribution in [0.1, 0.15) is 18.6 Å². The second-order valence-electron chi connectivity index (χ2n) is 6.63. The largest absolute Gasteiger partial charge is 0.494 e. The van der Waals surface area contributed by atoms with Gasteiger partial charge in [0.05, 0.1) is 18.6 Å². The molecule has 0 spiro atoms. The number of ether oxygens (including phenoxy) is 2. The maximum Gasteiger partial charge on any atom is 0.270 e. The van der Waals surface area contributed by atoms with Gasteiger partial charge in [-0.25, -0.2) is 8.42 Å². The second-order valence-corrected chi connectivity index (χ2v) is 8.64. The molecule has 0 bridgehead atoms. The van der Waals surface area contributed by atoms with Gasteiger partial charge in [0, 0.05) is 17.3 Å². The molecule has 0 heterocycles. The molecule has 0 aliphatic heterocycles. The highest BCUT2D eigenvalue weighted by atomic mass is 32.2. The van der Waals surface area contributed by atoms with Crippen molar-refractivity contribution in [3.05, 3.63) is 84.4 Å². The first kappa shape index (κ1) is 22.2. The minimum Gasteiger partial charge on any atom is -0.494 e. The molecule has 162 valence electrons. The van der Waals surface area contributed by atoms with Crippen LogP contribution in [0.25, 0.3) is 0 Å². The second kappa shape index (κ2) is 9.99. The summed E-state index contributed by atoms with van der Waals surface area (Å²) in [6.45, 7) is 1.54. The van der Waals surface area contributed by atoms with E-state index < -0.39 is 16.1 Å². The molecular weight excluding hydrogens is 416 g/mol. The maximum absolute atomic E-state index is 13.1. The van der Waals surface area contributed by atoms with Gasteiger partial charge in [-0.05, 0) is 31.2 Å². The zero-order valence-electron chi connectivity index (χ0n) is 17.2. The van der Waals surface area contributed by atoms with Crippen molar-refractivity contribution in [2.24, 2.45) is 0 Å². The van der Waals surface area contributed by atoms with Crippen LogP contribution in [0.15, 0.2) is 78.9 Å². The van der Waals surface area contributed by atoms with Gasteiger partial charge in [0.15, 0.2) is 0 Å². The fourth-order valence-electron chi connectivity index (χ4n) is 2.84. The molecular formula is C23H24N2O5S. The van der Waals surface area contributed by atoms with E-state index in [4.69, 9.17) is 9.47 Å². The summed E-state index contributed by atoms with van der Waals surface area (Å²) in [5.41, 5.74) is 1.43. The Morgan fingerprint density at radius 3 is 2.23 bits per heavy atom. The molecule has 0 saturated heterocycles. The van der Waals surface area contributed by atoms with Crippen LogP contribution < -0.4 is 19.5 Å². The van der Waals surface area contributed by atoms with E-state index >= 15 is 0 Å². The molecule has 0 aromatic heterocycles. The van der Waals surface area contributed by atoms with Crippen LogP contribution in [-0.2, 0) is 14.8 Å². The van der Waals surface area contributed by atoms with E-state index in [1.807, 2.05) is 48.5 Å². The highest BCUT2D eigenvalue weighted by Gasteiger charge is 2.23. The Morgan fingerprint density at radius 1 is 0.968 bits per heavy atom. The molecule has 3 aromatic carbocycles. The summed E-state index contributed by atoms with van der Waals surface area (Å²) in [6, 6.07) is 22.9. The highest BCUT2D eigenvalue weighted by molar-refractivity contribution is 7.92. The lowest BCUT2D eigenvalue weighted by Gasteiger charge is -2.20. The summed E-state index contributed by atoms with van der Waals surface area (Å²) in [5.74, 6) is 0.409. The van der Waals surface area contributed by atoms with E-state index in [0.29, 0.717) is 22.7 Å². The number of benzene rings is 3. The third-order valence-corrected chi connectivity index (χ3v) is 5.74. The van der Waals surface area contributed by atoms with Gasteiger partial charge in [0.1, 0.15) is 11.5 Å². The Kier molecular flexibility index (Phi) is 7.15. The van der Waals surface area contributed by atoms with Crippen molar-refractivity contribution in [1.82, 2.24) is 0 Å². The topological polar surface area (TPSA) is 93.7 Å². The fraction of sp³-hybridized carbons (Fsp3) is 0.174. The number of para-hydroxylation sites is 1. The minimum atomic E-state index is -3.46. The van der Waals surface area contributed by atoms with Gasteiger partial charge in [0.2, 0.25) is 16.1 Å². The predicted octanol–water partition coefficient (Wildman–Crippen LogP) is 4.22. The molecule has 0 saturated carbocycles. The normalized spacial score (nSPS) is 11.9. The van der Waals surface area contributed by atoms with E-state index in [2.05, 4.69) is 10.0 Å². The van der Waals surface area contributed by atoms with Crippen LogP contribution in [0.2, 0.25) is 0 Å². The van der Waals surface area contributed by atoms with Crippen molar-refractivity contribution in [2.45, 2.75) is 13.0 Å². The number of carbonyl (C=O) groups is 1. The molecule has 8 heteroatoms. The summed E-state index contributed by atoms with van der Waals surface area (Å²) < 4.78 is 37.4. The first-order valence-electron chi connectivity index (χ1n) is 9.68. The van der Waals surface area contributed by atoms with Gasteiger partial charge in [-0.3, -0.25) is 9.52 Å². The van der Waals surface area contributed by atoms with E-state index in [1.54, 1.807) is 31.2 Å². The monoisotopic (exact) mass is 440 g/mol. The molecule has 0 radical (unpaired) electrons. The number of hydrogen-bond donors (Lipinski definition) is 2. The summed E-state index contributed by atoms with van der Waals surface area (Å²) in [6.07, 6.45) is -0.882. The molecule has 3 aromatic rings. The molecule has 0 aliphatic rings. The molecule has 0 fully saturated rings. The predicted molar refractivity (Wildman–Crippen MR) is 121 cm³/mol. The minimum absolute atomic E-state index is 0.0653. The van der Waals surface area contributed by atoms with Gasteiger partial charge in [-0.1, -0.05) is 48.5 Å².